The normalized spacial score (nSPS) is 19.3. The zero-order valence-corrected chi connectivity index (χ0v) is 11.5. The number of anilines is 1. The fourth-order valence-electron chi connectivity index (χ4n) is 2.51. The molecule has 21 heavy (non-hydrogen) atoms. The van der Waals surface area contributed by atoms with Crippen LogP contribution in [0.2, 0.25) is 0 Å². The van der Waals surface area contributed by atoms with Crippen LogP contribution in [0.4, 0.5) is 5.69 Å². The zero-order valence-electron chi connectivity index (χ0n) is 11.5. The number of carbonyl (C=O) groups is 2. The molecular formula is C15H16N2O4. The van der Waals surface area contributed by atoms with Crippen molar-refractivity contribution in [2.45, 2.75) is 0 Å². The van der Waals surface area contributed by atoms with Crippen LogP contribution in [0, 0.1) is 0 Å². The summed E-state index contributed by atoms with van der Waals surface area (Å²) < 4.78 is 5.19. The van der Waals surface area contributed by atoms with Crippen LogP contribution in [-0.4, -0.2) is 54.7 Å². The molecule has 0 bridgehead atoms. The number of carbonyl (C=O) groups excluding carboxylic acids is 2. The van der Waals surface area contributed by atoms with Gasteiger partial charge in [-0.2, -0.15) is 0 Å². The van der Waals surface area contributed by atoms with Crippen molar-refractivity contribution < 1.29 is 19.4 Å². The van der Waals surface area contributed by atoms with Gasteiger partial charge in [0.05, 0.1) is 19.8 Å². The van der Waals surface area contributed by atoms with Crippen LogP contribution < -0.4 is 4.90 Å². The average Bonchev–Trinajstić information content (AvgIpc) is 2.83. The monoisotopic (exact) mass is 288 g/mol. The first kappa shape index (κ1) is 13.6. The van der Waals surface area contributed by atoms with Gasteiger partial charge in [0.1, 0.15) is 11.3 Å². The summed E-state index contributed by atoms with van der Waals surface area (Å²) in [6.07, 6.45) is 0. The van der Waals surface area contributed by atoms with Crippen LogP contribution in [0.3, 0.4) is 0 Å². The number of hydrogen-bond donors (Lipinski definition) is 1. The Balaban J connectivity index is 1.81. The third kappa shape index (κ3) is 2.50. The Labute approximate surface area is 122 Å². The number of nitrogens with zero attached hydrogens (tertiary/aromatic N) is 2. The smallest absolute Gasteiger partial charge is 0.267 e. The van der Waals surface area contributed by atoms with Gasteiger partial charge in [0.25, 0.3) is 11.8 Å². The van der Waals surface area contributed by atoms with E-state index in [0.717, 1.165) is 0 Å². The van der Waals surface area contributed by atoms with Crippen molar-refractivity contribution >= 4 is 17.5 Å². The fraction of sp³-hybridized carbons (Fsp3) is 0.333. The summed E-state index contributed by atoms with van der Waals surface area (Å²) in [4.78, 5) is 27.8. The molecule has 2 amide bonds. The first-order chi connectivity index (χ1) is 10.2. The maximum atomic E-state index is 12.4. The van der Waals surface area contributed by atoms with E-state index in [1.54, 1.807) is 29.2 Å². The SMILES string of the molecule is O=C(C1=C(O)CN(c2ccccc2)C1=O)N1CCOCC1. The number of hydrogen-bond acceptors (Lipinski definition) is 4. The summed E-state index contributed by atoms with van der Waals surface area (Å²) in [6.45, 7) is 1.82. The number of benzene rings is 1. The molecule has 3 rings (SSSR count). The molecule has 0 radical (unpaired) electrons. The minimum absolute atomic E-state index is 0.0360. The third-order valence-corrected chi connectivity index (χ3v) is 3.64. The van der Waals surface area contributed by atoms with Crippen molar-refractivity contribution in [3.05, 3.63) is 41.7 Å². The Morgan fingerprint density at radius 3 is 2.48 bits per heavy atom. The lowest BCUT2D eigenvalue weighted by Crippen LogP contribution is -2.43. The van der Waals surface area contributed by atoms with Gasteiger partial charge in [0.15, 0.2) is 0 Å². The van der Waals surface area contributed by atoms with E-state index in [0.29, 0.717) is 32.0 Å². The van der Waals surface area contributed by atoms with Gasteiger partial charge in [0.2, 0.25) is 0 Å². The zero-order chi connectivity index (χ0) is 14.8. The number of aliphatic hydroxyl groups excluding tert-OH is 1. The molecule has 1 fully saturated rings. The molecular weight excluding hydrogens is 272 g/mol. The van der Waals surface area contributed by atoms with Crippen LogP contribution >= 0.6 is 0 Å². The van der Waals surface area contributed by atoms with E-state index in [1.165, 1.54) is 4.90 Å². The first-order valence-electron chi connectivity index (χ1n) is 6.84. The van der Waals surface area contributed by atoms with Gasteiger partial charge in [-0.15, -0.1) is 0 Å². The van der Waals surface area contributed by atoms with Crippen molar-refractivity contribution in [3.63, 3.8) is 0 Å². The summed E-state index contributed by atoms with van der Waals surface area (Å²) >= 11 is 0. The molecule has 6 nitrogen and oxygen atoms in total. The second-order valence-electron chi connectivity index (χ2n) is 4.95. The highest BCUT2D eigenvalue weighted by Crippen LogP contribution is 2.25. The summed E-state index contributed by atoms with van der Waals surface area (Å²) in [6, 6.07) is 9.00. The number of aliphatic hydroxyl groups is 1. The predicted octanol–water partition coefficient (Wildman–Crippen LogP) is 0.704. The van der Waals surface area contributed by atoms with E-state index in [4.69, 9.17) is 4.74 Å². The van der Waals surface area contributed by atoms with Gasteiger partial charge in [0, 0.05) is 18.8 Å². The predicted molar refractivity (Wildman–Crippen MR) is 75.8 cm³/mol. The molecule has 2 aliphatic heterocycles. The van der Waals surface area contributed by atoms with E-state index in [2.05, 4.69) is 0 Å². The lowest BCUT2D eigenvalue weighted by molar-refractivity contribution is -0.133. The molecule has 0 atom stereocenters. The molecule has 6 heteroatoms. The second-order valence-corrected chi connectivity index (χ2v) is 4.95. The van der Waals surface area contributed by atoms with E-state index in [1.807, 2.05) is 6.07 Å². The van der Waals surface area contributed by atoms with Gasteiger partial charge < -0.3 is 19.6 Å². The summed E-state index contributed by atoms with van der Waals surface area (Å²) in [7, 11) is 0. The average molecular weight is 288 g/mol. The molecule has 2 heterocycles. The largest absolute Gasteiger partial charge is 0.509 e. The fourth-order valence-corrected chi connectivity index (χ4v) is 2.51. The highest BCUT2D eigenvalue weighted by Gasteiger charge is 2.38. The van der Waals surface area contributed by atoms with Crippen molar-refractivity contribution in [2.75, 3.05) is 37.7 Å². The Kier molecular flexibility index (Phi) is 3.62. The van der Waals surface area contributed by atoms with Gasteiger partial charge in [-0.1, -0.05) is 18.2 Å². The van der Waals surface area contributed by atoms with Crippen LogP contribution in [0.25, 0.3) is 0 Å². The summed E-state index contributed by atoms with van der Waals surface area (Å²) in [5, 5.41) is 10.0. The third-order valence-electron chi connectivity index (χ3n) is 3.64. The van der Waals surface area contributed by atoms with Crippen molar-refractivity contribution in [1.82, 2.24) is 4.90 Å². The van der Waals surface area contributed by atoms with Crippen LogP contribution in [0.1, 0.15) is 0 Å². The van der Waals surface area contributed by atoms with E-state index in [9.17, 15) is 14.7 Å². The number of rotatable bonds is 2. The Morgan fingerprint density at radius 2 is 1.81 bits per heavy atom. The van der Waals surface area contributed by atoms with E-state index in [-0.39, 0.29) is 17.9 Å². The lowest BCUT2D eigenvalue weighted by Gasteiger charge is -2.27. The Morgan fingerprint density at radius 1 is 1.14 bits per heavy atom. The molecule has 0 unspecified atom stereocenters. The lowest BCUT2D eigenvalue weighted by atomic mass is 10.2. The van der Waals surface area contributed by atoms with Crippen LogP contribution in [0.15, 0.2) is 41.7 Å². The summed E-state index contributed by atoms with van der Waals surface area (Å²) in [5.74, 6) is -1.03. The molecule has 0 aromatic heterocycles. The van der Waals surface area contributed by atoms with Crippen LogP contribution in [-0.2, 0) is 14.3 Å². The van der Waals surface area contributed by atoms with Crippen LogP contribution in [0.5, 0.6) is 0 Å². The maximum absolute atomic E-state index is 12.4. The molecule has 1 saturated heterocycles. The minimum atomic E-state index is -0.449. The molecule has 2 aliphatic rings. The topological polar surface area (TPSA) is 70.1 Å². The molecule has 0 spiro atoms. The maximum Gasteiger partial charge on any atom is 0.267 e. The molecule has 110 valence electrons. The Bertz CT molecular complexity index is 591. The number of amides is 2. The number of morpholine rings is 1. The van der Waals surface area contributed by atoms with E-state index < -0.39 is 11.8 Å². The minimum Gasteiger partial charge on any atom is -0.509 e. The van der Waals surface area contributed by atoms with Gasteiger partial charge in [-0.25, -0.2) is 0 Å². The highest BCUT2D eigenvalue weighted by molar-refractivity contribution is 6.26. The second kappa shape index (κ2) is 5.57. The quantitative estimate of drug-likeness (QED) is 0.813. The standard InChI is InChI=1S/C15H16N2O4/c18-12-10-17(11-4-2-1-3-5-11)15(20)13(12)14(19)16-6-8-21-9-7-16/h1-5,18H,6-10H2. The van der Waals surface area contributed by atoms with Crippen molar-refractivity contribution in [2.24, 2.45) is 0 Å². The van der Waals surface area contributed by atoms with Crippen molar-refractivity contribution in [3.8, 4) is 0 Å². The van der Waals surface area contributed by atoms with Crippen molar-refractivity contribution in [1.29, 1.82) is 0 Å². The van der Waals surface area contributed by atoms with Gasteiger partial charge >= 0.3 is 0 Å². The first-order valence-corrected chi connectivity index (χ1v) is 6.84. The van der Waals surface area contributed by atoms with E-state index >= 15 is 0 Å². The molecule has 1 aromatic carbocycles. The molecule has 0 aliphatic carbocycles. The molecule has 0 saturated carbocycles. The highest BCUT2D eigenvalue weighted by atomic mass is 16.5. The molecule has 1 N–H and O–H groups in total. The summed E-state index contributed by atoms with van der Waals surface area (Å²) in [5.41, 5.74) is 0.541. The van der Waals surface area contributed by atoms with Gasteiger partial charge in [-0.3, -0.25) is 9.59 Å². The van der Waals surface area contributed by atoms with Gasteiger partial charge in [-0.05, 0) is 12.1 Å². The Hall–Kier alpha value is -2.34. The number of ether oxygens (including phenoxy) is 1. The number of para-hydroxylation sites is 1. The molecule has 1 aromatic rings.